The number of rotatable bonds is 8. The van der Waals surface area contributed by atoms with Crippen molar-refractivity contribution >= 4 is 17.7 Å². The summed E-state index contributed by atoms with van der Waals surface area (Å²) in [5.74, 6) is 1.51. The lowest BCUT2D eigenvalue weighted by Gasteiger charge is -2.34. The molecule has 1 saturated heterocycles. The Bertz CT molecular complexity index is 1060. The highest BCUT2D eigenvalue weighted by molar-refractivity contribution is 7.98. The molecule has 2 aromatic heterocycles. The monoisotopic (exact) mass is 448 g/mol. The number of benzene rings is 1. The van der Waals surface area contributed by atoms with Gasteiger partial charge >= 0.3 is 0 Å². The predicted molar refractivity (Wildman–Crippen MR) is 127 cm³/mol. The van der Waals surface area contributed by atoms with Gasteiger partial charge in [-0.1, -0.05) is 43.0 Å². The molecule has 0 unspecified atom stereocenters. The van der Waals surface area contributed by atoms with Crippen LogP contribution in [-0.4, -0.2) is 68.2 Å². The maximum Gasteiger partial charge on any atom is 0.254 e. The van der Waals surface area contributed by atoms with Gasteiger partial charge in [0.2, 0.25) is 0 Å². The first-order valence-corrected chi connectivity index (χ1v) is 11.9. The molecule has 8 heteroatoms. The summed E-state index contributed by atoms with van der Waals surface area (Å²) < 4.78 is 2.03. The molecule has 3 heterocycles. The quantitative estimate of drug-likeness (QED) is 0.388. The van der Waals surface area contributed by atoms with Crippen molar-refractivity contribution in [1.29, 1.82) is 0 Å². The molecule has 0 aliphatic carbocycles. The molecule has 1 aliphatic rings. The number of likely N-dealkylation sites (N-methyl/N-ethyl adjacent to an activating group) is 1. The fourth-order valence-electron chi connectivity index (χ4n) is 3.83. The number of thioether (sulfide) groups is 1. The number of aromatic nitrogens is 4. The number of pyridine rings is 1. The van der Waals surface area contributed by atoms with Crippen LogP contribution in [0.4, 0.5) is 0 Å². The van der Waals surface area contributed by atoms with Crippen LogP contribution in [0.3, 0.4) is 0 Å². The number of piperazine rings is 1. The van der Waals surface area contributed by atoms with Gasteiger partial charge < -0.3 is 9.80 Å². The second-order valence-electron chi connectivity index (χ2n) is 7.62. The topological polar surface area (TPSA) is 67.2 Å². The maximum absolute atomic E-state index is 13.2. The normalized spacial score (nSPS) is 14.5. The summed E-state index contributed by atoms with van der Waals surface area (Å²) in [4.78, 5) is 21.8. The van der Waals surface area contributed by atoms with Crippen LogP contribution in [0.15, 0.2) is 66.6 Å². The standard InChI is InChI=1S/C24H28N6OS/c1-3-12-30-22(19-9-7-11-25-17-19)26-27-24(30)32-18-20-8-5-6-10-21(20)23(31)29-15-13-28(4-2)14-16-29/h3,5-11,17H,1,4,12-16,18H2,2H3. The van der Waals surface area contributed by atoms with E-state index in [2.05, 4.69) is 33.6 Å². The van der Waals surface area contributed by atoms with Crippen LogP contribution in [0.2, 0.25) is 0 Å². The van der Waals surface area contributed by atoms with Crippen LogP contribution in [-0.2, 0) is 12.3 Å². The molecule has 0 saturated carbocycles. The zero-order chi connectivity index (χ0) is 22.3. The van der Waals surface area contributed by atoms with Gasteiger partial charge in [-0.25, -0.2) is 0 Å². The van der Waals surface area contributed by atoms with Gasteiger partial charge in [0.15, 0.2) is 11.0 Å². The van der Waals surface area contributed by atoms with Gasteiger partial charge in [0, 0.05) is 62.0 Å². The fraction of sp³-hybridized carbons (Fsp3) is 0.333. The number of hydrogen-bond acceptors (Lipinski definition) is 6. The summed E-state index contributed by atoms with van der Waals surface area (Å²) in [7, 11) is 0. The van der Waals surface area contributed by atoms with E-state index >= 15 is 0 Å². The molecular weight excluding hydrogens is 420 g/mol. The molecule has 166 valence electrons. The van der Waals surface area contributed by atoms with E-state index in [1.807, 2.05) is 51.9 Å². The third kappa shape index (κ3) is 4.92. The Morgan fingerprint density at radius 3 is 2.66 bits per heavy atom. The van der Waals surface area contributed by atoms with E-state index in [0.717, 1.165) is 60.4 Å². The molecule has 4 rings (SSSR count). The molecule has 32 heavy (non-hydrogen) atoms. The Balaban J connectivity index is 1.51. The maximum atomic E-state index is 13.2. The van der Waals surface area contributed by atoms with E-state index in [9.17, 15) is 4.79 Å². The summed E-state index contributed by atoms with van der Waals surface area (Å²) in [5, 5.41) is 9.59. The summed E-state index contributed by atoms with van der Waals surface area (Å²) in [6, 6.07) is 11.7. The summed E-state index contributed by atoms with van der Waals surface area (Å²) in [5.41, 5.74) is 2.69. The van der Waals surface area contributed by atoms with Gasteiger partial charge in [-0.2, -0.15) is 0 Å². The zero-order valence-corrected chi connectivity index (χ0v) is 19.2. The SMILES string of the molecule is C=CCn1c(SCc2ccccc2C(=O)N2CCN(CC)CC2)nnc1-c1cccnc1. The van der Waals surface area contributed by atoms with E-state index < -0.39 is 0 Å². The molecule has 1 amide bonds. The van der Waals surface area contributed by atoms with Gasteiger partial charge in [-0.05, 0) is 30.3 Å². The van der Waals surface area contributed by atoms with E-state index in [4.69, 9.17) is 0 Å². The fourth-order valence-corrected chi connectivity index (χ4v) is 4.78. The first kappa shape index (κ1) is 22.2. The van der Waals surface area contributed by atoms with E-state index in [0.29, 0.717) is 12.3 Å². The number of allylic oxidation sites excluding steroid dienone is 1. The smallest absolute Gasteiger partial charge is 0.254 e. The molecular formula is C24H28N6OS. The van der Waals surface area contributed by atoms with Crippen molar-refractivity contribution in [2.75, 3.05) is 32.7 Å². The van der Waals surface area contributed by atoms with Crippen molar-refractivity contribution in [3.8, 4) is 11.4 Å². The van der Waals surface area contributed by atoms with Crippen LogP contribution < -0.4 is 0 Å². The molecule has 1 fully saturated rings. The Hall–Kier alpha value is -2.97. The van der Waals surface area contributed by atoms with Crippen LogP contribution in [0.25, 0.3) is 11.4 Å². The third-order valence-corrected chi connectivity index (χ3v) is 6.68. The van der Waals surface area contributed by atoms with Crippen molar-refractivity contribution in [3.63, 3.8) is 0 Å². The van der Waals surface area contributed by atoms with Gasteiger partial charge in [0.1, 0.15) is 0 Å². The minimum Gasteiger partial charge on any atom is -0.336 e. The molecule has 0 bridgehead atoms. The molecule has 0 atom stereocenters. The number of nitrogens with zero attached hydrogens (tertiary/aromatic N) is 6. The lowest BCUT2D eigenvalue weighted by Crippen LogP contribution is -2.48. The molecule has 0 spiro atoms. The molecule has 1 aromatic carbocycles. The second-order valence-corrected chi connectivity index (χ2v) is 8.56. The van der Waals surface area contributed by atoms with Crippen molar-refractivity contribution in [1.82, 2.24) is 29.5 Å². The summed E-state index contributed by atoms with van der Waals surface area (Å²) >= 11 is 1.58. The van der Waals surface area contributed by atoms with Crippen LogP contribution in [0, 0.1) is 0 Å². The highest BCUT2D eigenvalue weighted by Crippen LogP contribution is 2.27. The Morgan fingerprint density at radius 2 is 1.94 bits per heavy atom. The van der Waals surface area contributed by atoms with Crippen molar-refractivity contribution in [2.45, 2.75) is 24.4 Å². The number of hydrogen-bond donors (Lipinski definition) is 0. The van der Waals surface area contributed by atoms with Crippen LogP contribution >= 0.6 is 11.8 Å². The summed E-state index contributed by atoms with van der Waals surface area (Å²) in [6.07, 6.45) is 5.36. The van der Waals surface area contributed by atoms with Crippen LogP contribution in [0.1, 0.15) is 22.8 Å². The largest absolute Gasteiger partial charge is 0.336 e. The first-order chi connectivity index (χ1) is 15.7. The van der Waals surface area contributed by atoms with Gasteiger partial charge in [-0.3, -0.25) is 14.3 Å². The van der Waals surface area contributed by atoms with Gasteiger partial charge in [0.05, 0.1) is 0 Å². The highest BCUT2D eigenvalue weighted by atomic mass is 32.2. The van der Waals surface area contributed by atoms with Crippen molar-refractivity contribution in [3.05, 3.63) is 72.6 Å². The van der Waals surface area contributed by atoms with Crippen molar-refractivity contribution in [2.24, 2.45) is 0 Å². The first-order valence-electron chi connectivity index (χ1n) is 10.9. The molecule has 7 nitrogen and oxygen atoms in total. The lowest BCUT2D eigenvalue weighted by atomic mass is 10.1. The average Bonchev–Trinajstić information content (AvgIpc) is 3.26. The number of carbonyl (C=O) groups is 1. The van der Waals surface area contributed by atoms with Gasteiger partial charge in [-0.15, -0.1) is 16.8 Å². The van der Waals surface area contributed by atoms with E-state index in [-0.39, 0.29) is 5.91 Å². The van der Waals surface area contributed by atoms with Crippen LogP contribution in [0.5, 0.6) is 0 Å². The number of amides is 1. The molecule has 3 aromatic rings. The van der Waals surface area contributed by atoms with Gasteiger partial charge in [0.25, 0.3) is 5.91 Å². The minimum atomic E-state index is 0.112. The Morgan fingerprint density at radius 1 is 1.12 bits per heavy atom. The molecule has 0 N–H and O–H groups in total. The number of carbonyl (C=O) groups excluding carboxylic acids is 1. The second kappa shape index (κ2) is 10.6. The van der Waals surface area contributed by atoms with E-state index in [1.165, 1.54) is 0 Å². The molecule has 1 aliphatic heterocycles. The highest BCUT2D eigenvalue weighted by Gasteiger charge is 2.23. The van der Waals surface area contributed by atoms with E-state index in [1.54, 1.807) is 24.2 Å². The third-order valence-electron chi connectivity index (χ3n) is 5.66. The predicted octanol–water partition coefficient (Wildman–Crippen LogP) is 3.60. The Kier molecular flexibility index (Phi) is 7.34. The average molecular weight is 449 g/mol. The lowest BCUT2D eigenvalue weighted by molar-refractivity contribution is 0.0642. The summed E-state index contributed by atoms with van der Waals surface area (Å²) in [6.45, 7) is 11.1. The molecule has 0 radical (unpaired) electrons. The Labute approximate surface area is 193 Å². The zero-order valence-electron chi connectivity index (χ0n) is 18.4. The minimum absolute atomic E-state index is 0.112. The van der Waals surface area contributed by atoms with Crippen molar-refractivity contribution < 1.29 is 4.79 Å².